The number of rotatable bonds is 5. The second kappa shape index (κ2) is 7.02. The molecule has 96 valence electrons. The van der Waals surface area contributed by atoms with Gasteiger partial charge in [-0.2, -0.15) is 5.26 Å². The molecule has 1 atom stereocenters. The number of methoxy groups -OCH3 is 1. The lowest BCUT2D eigenvalue weighted by atomic mass is 10.1. The van der Waals surface area contributed by atoms with Crippen LogP contribution in [0, 0.1) is 11.3 Å². The van der Waals surface area contributed by atoms with Crippen LogP contribution < -0.4 is 10.1 Å². The Morgan fingerprint density at radius 3 is 2.83 bits per heavy atom. The summed E-state index contributed by atoms with van der Waals surface area (Å²) in [6.45, 7) is 1.97. The molecule has 1 rings (SSSR count). The number of benzene rings is 1. The first-order valence-electron chi connectivity index (χ1n) is 5.66. The summed E-state index contributed by atoms with van der Waals surface area (Å²) < 4.78 is 5.80. The van der Waals surface area contributed by atoms with Crippen molar-refractivity contribution in [1.82, 2.24) is 5.32 Å². The first-order valence-corrected chi connectivity index (χ1v) is 6.45. The third kappa shape index (κ3) is 3.74. The molecule has 0 aromatic heterocycles. The SMILES string of the molecule is CCCC(C#N)NC(=O)c1ccc(OC)c(Br)c1. The van der Waals surface area contributed by atoms with E-state index in [2.05, 4.69) is 27.3 Å². The summed E-state index contributed by atoms with van der Waals surface area (Å²) in [5.74, 6) is 0.412. The average Bonchev–Trinajstić information content (AvgIpc) is 2.37. The number of carbonyl (C=O) groups is 1. The maximum atomic E-state index is 11.9. The number of ether oxygens (including phenoxy) is 1. The predicted octanol–water partition coefficient (Wildman–Crippen LogP) is 2.88. The molecule has 0 aliphatic carbocycles. The van der Waals surface area contributed by atoms with Crippen LogP contribution in [0.25, 0.3) is 0 Å². The van der Waals surface area contributed by atoms with Gasteiger partial charge in [-0.25, -0.2) is 0 Å². The first-order chi connectivity index (χ1) is 8.62. The highest BCUT2D eigenvalue weighted by Crippen LogP contribution is 2.25. The molecule has 0 aliphatic heterocycles. The quantitative estimate of drug-likeness (QED) is 0.909. The van der Waals surface area contributed by atoms with Gasteiger partial charge in [-0.1, -0.05) is 13.3 Å². The van der Waals surface area contributed by atoms with Gasteiger partial charge in [-0.15, -0.1) is 0 Å². The van der Waals surface area contributed by atoms with E-state index in [0.717, 1.165) is 6.42 Å². The van der Waals surface area contributed by atoms with Crippen LogP contribution in [0.2, 0.25) is 0 Å². The van der Waals surface area contributed by atoms with Crippen molar-refractivity contribution in [3.8, 4) is 11.8 Å². The van der Waals surface area contributed by atoms with Crippen LogP contribution >= 0.6 is 15.9 Å². The molecular formula is C13H15BrN2O2. The molecule has 0 fully saturated rings. The number of hydrogen-bond acceptors (Lipinski definition) is 3. The molecule has 1 unspecified atom stereocenters. The molecule has 1 aromatic carbocycles. The highest BCUT2D eigenvalue weighted by molar-refractivity contribution is 9.10. The Hall–Kier alpha value is -1.54. The van der Waals surface area contributed by atoms with E-state index in [1.807, 2.05) is 6.92 Å². The Kier molecular flexibility index (Phi) is 5.66. The van der Waals surface area contributed by atoms with Crippen molar-refractivity contribution < 1.29 is 9.53 Å². The maximum Gasteiger partial charge on any atom is 0.252 e. The Morgan fingerprint density at radius 1 is 1.61 bits per heavy atom. The van der Waals surface area contributed by atoms with E-state index in [1.54, 1.807) is 25.3 Å². The van der Waals surface area contributed by atoms with Gasteiger partial charge in [0.2, 0.25) is 0 Å². The van der Waals surface area contributed by atoms with Crippen molar-refractivity contribution in [3.05, 3.63) is 28.2 Å². The van der Waals surface area contributed by atoms with Crippen LogP contribution in [-0.2, 0) is 0 Å². The van der Waals surface area contributed by atoms with Crippen molar-refractivity contribution in [2.24, 2.45) is 0 Å². The van der Waals surface area contributed by atoms with Gasteiger partial charge in [-0.05, 0) is 40.5 Å². The molecule has 0 radical (unpaired) electrons. The minimum Gasteiger partial charge on any atom is -0.496 e. The second-order valence-corrected chi connectivity index (χ2v) is 4.65. The highest BCUT2D eigenvalue weighted by atomic mass is 79.9. The Balaban J connectivity index is 2.79. The van der Waals surface area contributed by atoms with E-state index in [1.165, 1.54) is 0 Å². The third-order valence-electron chi connectivity index (χ3n) is 2.45. The second-order valence-electron chi connectivity index (χ2n) is 3.79. The topological polar surface area (TPSA) is 62.1 Å². The van der Waals surface area contributed by atoms with E-state index in [4.69, 9.17) is 10.00 Å². The summed E-state index contributed by atoms with van der Waals surface area (Å²) >= 11 is 3.32. The molecule has 4 nitrogen and oxygen atoms in total. The fourth-order valence-electron chi connectivity index (χ4n) is 1.51. The number of halogens is 1. The molecule has 0 heterocycles. The smallest absolute Gasteiger partial charge is 0.252 e. The monoisotopic (exact) mass is 310 g/mol. The molecule has 0 spiro atoms. The Bertz CT molecular complexity index is 469. The van der Waals surface area contributed by atoms with Crippen LogP contribution in [-0.4, -0.2) is 19.1 Å². The molecule has 0 saturated heterocycles. The largest absolute Gasteiger partial charge is 0.496 e. The Morgan fingerprint density at radius 2 is 2.33 bits per heavy atom. The van der Waals surface area contributed by atoms with E-state index < -0.39 is 6.04 Å². The normalized spacial score (nSPS) is 11.4. The first kappa shape index (κ1) is 14.5. The van der Waals surface area contributed by atoms with E-state index >= 15 is 0 Å². The van der Waals surface area contributed by atoms with Crippen LogP contribution in [0.15, 0.2) is 22.7 Å². The van der Waals surface area contributed by atoms with E-state index in [0.29, 0.717) is 22.2 Å². The lowest BCUT2D eigenvalue weighted by Crippen LogP contribution is -2.33. The van der Waals surface area contributed by atoms with Crippen LogP contribution in [0.4, 0.5) is 0 Å². The lowest BCUT2D eigenvalue weighted by molar-refractivity contribution is 0.0944. The predicted molar refractivity (Wildman–Crippen MR) is 72.5 cm³/mol. The van der Waals surface area contributed by atoms with Crippen molar-refractivity contribution >= 4 is 21.8 Å². The summed E-state index contributed by atoms with van der Waals surface area (Å²) in [4.78, 5) is 11.9. The number of hydrogen-bond donors (Lipinski definition) is 1. The number of amides is 1. The minimum absolute atomic E-state index is 0.252. The Labute approximate surface area is 115 Å². The number of nitrogens with zero attached hydrogens (tertiary/aromatic N) is 1. The maximum absolute atomic E-state index is 11.9. The van der Waals surface area contributed by atoms with Gasteiger partial charge in [0.15, 0.2) is 0 Å². The van der Waals surface area contributed by atoms with Gasteiger partial charge in [0, 0.05) is 5.56 Å². The number of nitriles is 1. The molecule has 0 aliphatic rings. The zero-order chi connectivity index (χ0) is 13.5. The molecular weight excluding hydrogens is 296 g/mol. The van der Waals surface area contributed by atoms with Crippen LogP contribution in [0.5, 0.6) is 5.75 Å². The highest BCUT2D eigenvalue weighted by Gasteiger charge is 2.13. The number of nitrogens with one attached hydrogen (secondary N) is 1. The van der Waals surface area contributed by atoms with Crippen LogP contribution in [0.1, 0.15) is 30.1 Å². The minimum atomic E-state index is -0.441. The van der Waals surface area contributed by atoms with Gasteiger partial charge >= 0.3 is 0 Å². The van der Waals surface area contributed by atoms with Crippen molar-refractivity contribution in [3.63, 3.8) is 0 Å². The lowest BCUT2D eigenvalue weighted by Gasteiger charge is -2.11. The fraction of sp³-hybridized carbons (Fsp3) is 0.385. The fourth-order valence-corrected chi connectivity index (χ4v) is 2.05. The van der Waals surface area contributed by atoms with Gasteiger partial charge in [0.1, 0.15) is 11.8 Å². The standard InChI is InChI=1S/C13H15BrN2O2/c1-3-4-10(8-15)16-13(17)9-5-6-12(18-2)11(14)7-9/h5-7,10H,3-4H2,1-2H3,(H,16,17). The summed E-state index contributed by atoms with van der Waals surface area (Å²) in [5, 5.41) is 11.6. The van der Waals surface area contributed by atoms with Gasteiger partial charge in [-0.3, -0.25) is 4.79 Å². The molecule has 1 aromatic rings. The van der Waals surface area contributed by atoms with Gasteiger partial charge in [0.25, 0.3) is 5.91 Å². The van der Waals surface area contributed by atoms with Crippen molar-refractivity contribution in [2.75, 3.05) is 7.11 Å². The summed E-state index contributed by atoms with van der Waals surface area (Å²) in [5.41, 5.74) is 0.499. The molecule has 0 saturated carbocycles. The summed E-state index contributed by atoms with van der Waals surface area (Å²) in [6, 6.07) is 6.68. The van der Waals surface area contributed by atoms with E-state index in [9.17, 15) is 4.79 Å². The molecule has 5 heteroatoms. The molecule has 1 amide bonds. The molecule has 0 bridgehead atoms. The number of carbonyl (C=O) groups excluding carboxylic acids is 1. The summed E-state index contributed by atoms with van der Waals surface area (Å²) in [6.07, 6.45) is 1.50. The zero-order valence-corrected chi connectivity index (χ0v) is 12.0. The molecule has 1 N–H and O–H groups in total. The summed E-state index contributed by atoms with van der Waals surface area (Å²) in [7, 11) is 1.56. The average molecular weight is 311 g/mol. The zero-order valence-electron chi connectivity index (χ0n) is 10.4. The van der Waals surface area contributed by atoms with Crippen molar-refractivity contribution in [1.29, 1.82) is 5.26 Å². The van der Waals surface area contributed by atoms with E-state index in [-0.39, 0.29) is 5.91 Å². The van der Waals surface area contributed by atoms with Gasteiger partial charge < -0.3 is 10.1 Å². The van der Waals surface area contributed by atoms with Crippen molar-refractivity contribution in [2.45, 2.75) is 25.8 Å². The molecule has 18 heavy (non-hydrogen) atoms. The third-order valence-corrected chi connectivity index (χ3v) is 3.07. The van der Waals surface area contributed by atoms with Gasteiger partial charge in [0.05, 0.1) is 17.7 Å². The van der Waals surface area contributed by atoms with Crippen LogP contribution in [0.3, 0.4) is 0 Å².